The van der Waals surface area contributed by atoms with Crippen LogP contribution in [0.3, 0.4) is 0 Å². The molecule has 2 fully saturated rings. The monoisotopic (exact) mass is 252 g/mol. The van der Waals surface area contributed by atoms with E-state index in [1.807, 2.05) is 0 Å². The Morgan fingerprint density at radius 3 is 2.22 bits per heavy atom. The van der Waals surface area contributed by atoms with Gasteiger partial charge in [-0.25, -0.2) is 0 Å². The molecule has 1 atom stereocenters. The zero-order chi connectivity index (χ0) is 13.2. The average Bonchev–Trinajstić information content (AvgIpc) is 3.17. The molecule has 1 unspecified atom stereocenters. The van der Waals surface area contributed by atoms with Crippen LogP contribution in [-0.2, 0) is 0 Å². The van der Waals surface area contributed by atoms with Gasteiger partial charge in [-0.05, 0) is 69.5 Å². The van der Waals surface area contributed by atoms with E-state index in [0.29, 0.717) is 11.5 Å². The van der Waals surface area contributed by atoms with E-state index in [2.05, 4.69) is 37.9 Å². The summed E-state index contributed by atoms with van der Waals surface area (Å²) >= 11 is 0. The van der Waals surface area contributed by atoms with Crippen LogP contribution in [0.2, 0.25) is 0 Å². The van der Waals surface area contributed by atoms with E-state index in [1.54, 1.807) is 0 Å². The molecule has 1 saturated heterocycles. The van der Waals surface area contributed by atoms with Crippen LogP contribution < -0.4 is 5.32 Å². The SMILES string of the molecule is CCN1CCC(C(C)NCC2(C(C)C)CC2)CC1. The Labute approximate surface area is 114 Å². The molecule has 0 aromatic carbocycles. The second-order valence-corrected chi connectivity index (χ2v) is 6.96. The first-order valence-electron chi connectivity index (χ1n) is 8.03. The summed E-state index contributed by atoms with van der Waals surface area (Å²) in [6.07, 6.45) is 5.66. The van der Waals surface area contributed by atoms with Gasteiger partial charge in [0.15, 0.2) is 0 Å². The van der Waals surface area contributed by atoms with Crippen molar-refractivity contribution in [1.29, 1.82) is 0 Å². The maximum atomic E-state index is 3.85. The van der Waals surface area contributed by atoms with Crippen LogP contribution in [0, 0.1) is 17.3 Å². The fraction of sp³-hybridized carbons (Fsp3) is 1.00. The molecule has 1 aliphatic heterocycles. The maximum Gasteiger partial charge on any atom is 0.00681 e. The average molecular weight is 252 g/mol. The Hall–Kier alpha value is -0.0800. The van der Waals surface area contributed by atoms with Crippen molar-refractivity contribution >= 4 is 0 Å². The number of rotatable bonds is 6. The number of hydrogen-bond donors (Lipinski definition) is 1. The van der Waals surface area contributed by atoms with Crippen molar-refractivity contribution in [2.75, 3.05) is 26.2 Å². The molecule has 2 rings (SSSR count). The number of nitrogens with one attached hydrogen (secondary N) is 1. The predicted octanol–water partition coefficient (Wildman–Crippen LogP) is 3.13. The third-order valence-electron chi connectivity index (χ3n) is 5.68. The lowest BCUT2D eigenvalue weighted by molar-refractivity contribution is 0.164. The molecule has 0 bridgehead atoms. The van der Waals surface area contributed by atoms with Crippen molar-refractivity contribution in [2.24, 2.45) is 17.3 Å². The highest BCUT2D eigenvalue weighted by molar-refractivity contribution is 4.98. The summed E-state index contributed by atoms with van der Waals surface area (Å²) in [5, 5.41) is 3.85. The van der Waals surface area contributed by atoms with Gasteiger partial charge in [0.2, 0.25) is 0 Å². The number of hydrogen-bond acceptors (Lipinski definition) is 2. The van der Waals surface area contributed by atoms with E-state index in [-0.39, 0.29) is 0 Å². The van der Waals surface area contributed by atoms with Gasteiger partial charge in [-0.1, -0.05) is 20.8 Å². The largest absolute Gasteiger partial charge is 0.313 e. The van der Waals surface area contributed by atoms with Crippen LogP contribution in [0.5, 0.6) is 0 Å². The zero-order valence-corrected chi connectivity index (χ0v) is 12.8. The van der Waals surface area contributed by atoms with Crippen LogP contribution in [0.4, 0.5) is 0 Å². The third kappa shape index (κ3) is 3.27. The Bertz CT molecular complexity index is 250. The molecular formula is C16H32N2. The molecule has 2 nitrogen and oxygen atoms in total. The first-order valence-corrected chi connectivity index (χ1v) is 8.03. The van der Waals surface area contributed by atoms with Gasteiger partial charge in [-0.3, -0.25) is 0 Å². The molecule has 0 spiro atoms. The summed E-state index contributed by atoms with van der Waals surface area (Å²) in [5.41, 5.74) is 0.651. The molecule has 2 aliphatic rings. The summed E-state index contributed by atoms with van der Waals surface area (Å²) in [5.74, 6) is 1.75. The molecule has 106 valence electrons. The van der Waals surface area contributed by atoms with Crippen LogP contribution >= 0.6 is 0 Å². The van der Waals surface area contributed by atoms with E-state index in [1.165, 1.54) is 51.9 Å². The van der Waals surface area contributed by atoms with E-state index in [0.717, 1.165) is 11.8 Å². The highest BCUT2D eigenvalue weighted by Gasteiger charge is 2.45. The minimum absolute atomic E-state index is 0.651. The molecule has 1 N–H and O–H groups in total. The molecule has 0 radical (unpaired) electrons. The molecular weight excluding hydrogens is 220 g/mol. The smallest absolute Gasteiger partial charge is 0.00681 e. The topological polar surface area (TPSA) is 15.3 Å². The van der Waals surface area contributed by atoms with Gasteiger partial charge in [-0.2, -0.15) is 0 Å². The van der Waals surface area contributed by atoms with Crippen molar-refractivity contribution < 1.29 is 0 Å². The van der Waals surface area contributed by atoms with Crippen molar-refractivity contribution in [2.45, 2.75) is 59.4 Å². The Balaban J connectivity index is 1.71. The van der Waals surface area contributed by atoms with E-state index >= 15 is 0 Å². The van der Waals surface area contributed by atoms with Crippen LogP contribution in [0.25, 0.3) is 0 Å². The summed E-state index contributed by atoms with van der Waals surface area (Å²) in [7, 11) is 0. The minimum Gasteiger partial charge on any atom is -0.313 e. The van der Waals surface area contributed by atoms with Crippen LogP contribution in [0.15, 0.2) is 0 Å². The molecule has 2 heteroatoms. The molecule has 1 saturated carbocycles. The van der Waals surface area contributed by atoms with E-state index in [4.69, 9.17) is 0 Å². The fourth-order valence-electron chi connectivity index (χ4n) is 3.42. The Morgan fingerprint density at radius 2 is 1.78 bits per heavy atom. The Kier molecular flexibility index (Phi) is 4.71. The summed E-state index contributed by atoms with van der Waals surface area (Å²) in [4.78, 5) is 2.58. The lowest BCUT2D eigenvalue weighted by Gasteiger charge is -2.35. The van der Waals surface area contributed by atoms with Gasteiger partial charge >= 0.3 is 0 Å². The van der Waals surface area contributed by atoms with Gasteiger partial charge in [-0.15, -0.1) is 0 Å². The normalized spacial score (nSPS) is 26.5. The van der Waals surface area contributed by atoms with Crippen LogP contribution in [0.1, 0.15) is 53.4 Å². The maximum absolute atomic E-state index is 3.85. The summed E-state index contributed by atoms with van der Waals surface area (Å²) in [6, 6.07) is 0.709. The van der Waals surface area contributed by atoms with Gasteiger partial charge in [0.1, 0.15) is 0 Å². The summed E-state index contributed by atoms with van der Waals surface area (Å²) in [6.45, 7) is 14.6. The van der Waals surface area contributed by atoms with E-state index < -0.39 is 0 Å². The molecule has 0 aromatic rings. The number of nitrogens with zero attached hydrogens (tertiary/aromatic N) is 1. The molecule has 0 amide bonds. The lowest BCUT2D eigenvalue weighted by Crippen LogP contribution is -2.43. The first kappa shape index (κ1) is 14.3. The third-order valence-corrected chi connectivity index (χ3v) is 5.68. The second kappa shape index (κ2) is 5.92. The number of likely N-dealkylation sites (tertiary alicyclic amines) is 1. The van der Waals surface area contributed by atoms with E-state index in [9.17, 15) is 0 Å². The fourth-order valence-corrected chi connectivity index (χ4v) is 3.42. The van der Waals surface area contributed by atoms with Gasteiger partial charge in [0.25, 0.3) is 0 Å². The number of piperidine rings is 1. The standard InChI is InChI=1S/C16H32N2/c1-5-18-10-6-15(7-11-18)14(4)17-12-16(8-9-16)13(2)3/h13-15,17H,5-12H2,1-4H3. The molecule has 0 aromatic heterocycles. The van der Waals surface area contributed by atoms with Gasteiger partial charge < -0.3 is 10.2 Å². The highest BCUT2D eigenvalue weighted by atomic mass is 15.1. The van der Waals surface area contributed by atoms with Gasteiger partial charge in [0.05, 0.1) is 0 Å². The zero-order valence-electron chi connectivity index (χ0n) is 12.8. The van der Waals surface area contributed by atoms with Gasteiger partial charge in [0, 0.05) is 12.6 Å². The Morgan fingerprint density at radius 1 is 1.17 bits per heavy atom. The van der Waals surface area contributed by atoms with Crippen molar-refractivity contribution in [3.8, 4) is 0 Å². The molecule has 1 heterocycles. The van der Waals surface area contributed by atoms with Crippen molar-refractivity contribution in [3.63, 3.8) is 0 Å². The highest BCUT2D eigenvalue weighted by Crippen LogP contribution is 2.51. The second-order valence-electron chi connectivity index (χ2n) is 6.96. The molecule has 18 heavy (non-hydrogen) atoms. The van der Waals surface area contributed by atoms with Crippen molar-refractivity contribution in [1.82, 2.24) is 10.2 Å². The first-order chi connectivity index (χ1) is 8.57. The lowest BCUT2D eigenvalue weighted by atomic mass is 9.88. The quantitative estimate of drug-likeness (QED) is 0.781. The summed E-state index contributed by atoms with van der Waals surface area (Å²) < 4.78 is 0. The van der Waals surface area contributed by atoms with Crippen LogP contribution in [-0.4, -0.2) is 37.1 Å². The minimum atomic E-state index is 0.651. The molecule has 1 aliphatic carbocycles. The predicted molar refractivity (Wildman–Crippen MR) is 78.8 cm³/mol. The van der Waals surface area contributed by atoms with Crippen molar-refractivity contribution in [3.05, 3.63) is 0 Å².